The lowest BCUT2D eigenvalue weighted by Crippen LogP contribution is -1.99. The Kier molecular flexibility index (Phi) is 4.78. The molecular weight excluding hydrogens is 484 g/mol. The highest BCUT2D eigenvalue weighted by atomic mass is 32.1. The lowest BCUT2D eigenvalue weighted by atomic mass is 9.97. The SMILES string of the molecule is N#Cc1ccc2sc3ccc(-c4cccc(-n5c6ccccc6c6cc(C#N)ccc65)c4C#N)cc3c2c1. The van der Waals surface area contributed by atoms with E-state index in [2.05, 4.69) is 47.0 Å². The second kappa shape index (κ2) is 8.32. The third kappa shape index (κ3) is 3.12. The maximum Gasteiger partial charge on any atom is 0.102 e. The van der Waals surface area contributed by atoms with E-state index in [0.29, 0.717) is 16.7 Å². The van der Waals surface area contributed by atoms with E-state index in [0.717, 1.165) is 58.8 Å². The summed E-state index contributed by atoms with van der Waals surface area (Å²) in [5, 5.41) is 33.5. The first-order valence-electron chi connectivity index (χ1n) is 12.0. The normalized spacial score (nSPS) is 11.1. The highest BCUT2D eigenvalue weighted by Gasteiger charge is 2.18. The van der Waals surface area contributed by atoms with Crippen LogP contribution in [0, 0.1) is 34.0 Å². The van der Waals surface area contributed by atoms with E-state index < -0.39 is 0 Å². The van der Waals surface area contributed by atoms with E-state index in [9.17, 15) is 15.8 Å². The quantitative estimate of drug-likeness (QED) is 0.239. The first kappa shape index (κ1) is 21.8. The van der Waals surface area contributed by atoms with Crippen molar-refractivity contribution in [2.75, 3.05) is 0 Å². The molecule has 174 valence electrons. The molecule has 0 aliphatic carbocycles. The third-order valence-electron chi connectivity index (χ3n) is 7.11. The molecule has 0 amide bonds. The van der Waals surface area contributed by atoms with Crippen molar-refractivity contribution in [2.45, 2.75) is 0 Å². The van der Waals surface area contributed by atoms with Gasteiger partial charge in [0.2, 0.25) is 0 Å². The second-order valence-corrected chi connectivity index (χ2v) is 10.2. The number of rotatable bonds is 2. The molecule has 7 rings (SSSR count). The third-order valence-corrected chi connectivity index (χ3v) is 8.26. The number of nitriles is 3. The van der Waals surface area contributed by atoms with Crippen LogP contribution in [0.1, 0.15) is 16.7 Å². The molecule has 0 atom stereocenters. The van der Waals surface area contributed by atoms with Gasteiger partial charge in [0.25, 0.3) is 0 Å². The summed E-state index contributed by atoms with van der Waals surface area (Å²) < 4.78 is 4.39. The van der Waals surface area contributed by atoms with Gasteiger partial charge in [-0.2, -0.15) is 15.8 Å². The van der Waals surface area contributed by atoms with Gasteiger partial charge in [-0.05, 0) is 66.2 Å². The van der Waals surface area contributed by atoms with Crippen molar-refractivity contribution < 1.29 is 0 Å². The number of hydrogen-bond donors (Lipinski definition) is 0. The maximum absolute atomic E-state index is 10.5. The molecular formula is C33H16N4S. The molecule has 7 aromatic rings. The van der Waals surface area contributed by atoms with E-state index in [1.54, 1.807) is 11.3 Å². The minimum Gasteiger partial charge on any atom is -0.308 e. The minimum atomic E-state index is 0.580. The Labute approximate surface area is 222 Å². The Morgan fingerprint density at radius 3 is 2.03 bits per heavy atom. The molecule has 0 saturated heterocycles. The van der Waals surface area contributed by atoms with Gasteiger partial charge in [0, 0.05) is 36.5 Å². The Morgan fingerprint density at radius 2 is 1.24 bits per heavy atom. The number of para-hydroxylation sites is 1. The molecule has 0 aliphatic rings. The molecule has 0 unspecified atom stereocenters. The molecule has 0 N–H and O–H groups in total. The summed E-state index contributed by atoms with van der Waals surface area (Å²) in [6, 6.07) is 38.7. The number of hydrogen-bond acceptors (Lipinski definition) is 4. The van der Waals surface area contributed by atoms with Gasteiger partial charge in [-0.1, -0.05) is 36.4 Å². The Bertz CT molecular complexity index is 2230. The van der Waals surface area contributed by atoms with Crippen LogP contribution in [-0.4, -0.2) is 4.57 Å². The number of benzene rings is 5. The van der Waals surface area contributed by atoms with Crippen LogP contribution in [0.5, 0.6) is 0 Å². The Hall–Kier alpha value is -5.41. The van der Waals surface area contributed by atoms with Crippen LogP contribution in [0.2, 0.25) is 0 Å². The van der Waals surface area contributed by atoms with Crippen molar-refractivity contribution in [3.63, 3.8) is 0 Å². The molecule has 0 aliphatic heterocycles. The van der Waals surface area contributed by atoms with Gasteiger partial charge in [0.05, 0.1) is 45.5 Å². The first-order chi connectivity index (χ1) is 18.7. The lowest BCUT2D eigenvalue weighted by Gasteiger charge is -2.13. The smallest absolute Gasteiger partial charge is 0.102 e. The fourth-order valence-electron chi connectivity index (χ4n) is 5.40. The van der Waals surface area contributed by atoms with Crippen LogP contribution in [0.3, 0.4) is 0 Å². The van der Waals surface area contributed by atoms with E-state index in [1.807, 2.05) is 72.8 Å². The lowest BCUT2D eigenvalue weighted by molar-refractivity contribution is 1.17. The molecule has 4 nitrogen and oxygen atoms in total. The summed E-state index contributed by atoms with van der Waals surface area (Å²) >= 11 is 1.70. The molecule has 5 heteroatoms. The molecule has 38 heavy (non-hydrogen) atoms. The highest BCUT2D eigenvalue weighted by molar-refractivity contribution is 7.25. The number of aromatic nitrogens is 1. The standard InChI is InChI=1S/C33H16N4S/c34-17-20-8-11-31-25(14-20)24-4-1-2-6-29(24)37(31)30-7-3-5-23(28(30)19-36)22-10-13-33-27(16-22)26-15-21(18-35)9-12-32(26)38-33/h1-16H. The summed E-state index contributed by atoms with van der Waals surface area (Å²) in [7, 11) is 0. The Morgan fingerprint density at radius 1 is 0.553 bits per heavy atom. The van der Waals surface area contributed by atoms with Gasteiger partial charge in [-0.3, -0.25) is 0 Å². The molecule has 0 spiro atoms. The molecule has 2 aromatic heterocycles. The summed E-state index contributed by atoms with van der Waals surface area (Å²) in [5.74, 6) is 0. The topological polar surface area (TPSA) is 76.3 Å². The summed E-state index contributed by atoms with van der Waals surface area (Å²) in [4.78, 5) is 0. The fraction of sp³-hybridized carbons (Fsp3) is 0. The monoisotopic (exact) mass is 500 g/mol. The van der Waals surface area contributed by atoms with Crippen LogP contribution in [0.15, 0.2) is 97.1 Å². The van der Waals surface area contributed by atoms with Crippen LogP contribution >= 0.6 is 11.3 Å². The predicted molar refractivity (Wildman–Crippen MR) is 153 cm³/mol. The van der Waals surface area contributed by atoms with E-state index in [4.69, 9.17) is 0 Å². The number of fused-ring (bicyclic) bond motifs is 6. The molecule has 0 radical (unpaired) electrons. The van der Waals surface area contributed by atoms with Gasteiger partial charge >= 0.3 is 0 Å². The average Bonchev–Trinajstić information content (AvgIpc) is 3.50. The molecule has 0 saturated carbocycles. The van der Waals surface area contributed by atoms with Gasteiger partial charge < -0.3 is 4.57 Å². The number of nitrogens with zero attached hydrogens (tertiary/aromatic N) is 4. The van der Waals surface area contributed by atoms with Gasteiger partial charge in [0.15, 0.2) is 0 Å². The van der Waals surface area contributed by atoms with E-state index in [1.165, 1.54) is 0 Å². The summed E-state index contributed by atoms with van der Waals surface area (Å²) in [6.07, 6.45) is 0. The highest BCUT2D eigenvalue weighted by Crippen LogP contribution is 2.39. The molecule has 0 fully saturated rings. The van der Waals surface area contributed by atoms with Crippen molar-refractivity contribution in [1.29, 1.82) is 15.8 Å². The molecule has 5 aromatic carbocycles. The van der Waals surface area contributed by atoms with Crippen LogP contribution < -0.4 is 0 Å². The zero-order chi connectivity index (χ0) is 25.8. The Balaban J connectivity index is 1.50. The predicted octanol–water partition coefficient (Wildman–Crippen LogP) is 8.43. The first-order valence-corrected chi connectivity index (χ1v) is 12.9. The van der Waals surface area contributed by atoms with E-state index >= 15 is 0 Å². The van der Waals surface area contributed by atoms with Crippen molar-refractivity contribution in [3.8, 4) is 35.0 Å². The van der Waals surface area contributed by atoms with Gasteiger partial charge in [-0.15, -0.1) is 11.3 Å². The fourth-order valence-corrected chi connectivity index (χ4v) is 6.47. The summed E-state index contributed by atoms with van der Waals surface area (Å²) in [6.45, 7) is 0. The second-order valence-electron chi connectivity index (χ2n) is 9.14. The number of thiophene rings is 1. The van der Waals surface area contributed by atoms with Crippen molar-refractivity contribution >= 4 is 53.3 Å². The van der Waals surface area contributed by atoms with Crippen molar-refractivity contribution in [3.05, 3.63) is 114 Å². The molecule has 0 bridgehead atoms. The largest absolute Gasteiger partial charge is 0.308 e. The van der Waals surface area contributed by atoms with E-state index in [-0.39, 0.29) is 0 Å². The van der Waals surface area contributed by atoms with Crippen molar-refractivity contribution in [1.82, 2.24) is 4.57 Å². The van der Waals surface area contributed by atoms with Crippen LogP contribution in [0.25, 0.3) is 58.8 Å². The average molecular weight is 501 g/mol. The van der Waals surface area contributed by atoms with Gasteiger partial charge in [-0.25, -0.2) is 0 Å². The summed E-state index contributed by atoms with van der Waals surface area (Å²) in [5.41, 5.74) is 6.34. The minimum absolute atomic E-state index is 0.580. The molecule has 2 heterocycles. The van der Waals surface area contributed by atoms with Gasteiger partial charge in [0.1, 0.15) is 6.07 Å². The zero-order valence-electron chi connectivity index (χ0n) is 19.9. The zero-order valence-corrected chi connectivity index (χ0v) is 20.8. The maximum atomic E-state index is 10.5. The van der Waals surface area contributed by atoms with Crippen LogP contribution in [0.4, 0.5) is 0 Å². The van der Waals surface area contributed by atoms with Crippen molar-refractivity contribution in [2.24, 2.45) is 0 Å². The van der Waals surface area contributed by atoms with Crippen LogP contribution in [-0.2, 0) is 0 Å².